The van der Waals surface area contributed by atoms with Crippen molar-refractivity contribution in [1.29, 1.82) is 0 Å². The van der Waals surface area contributed by atoms with Crippen LogP contribution >= 0.6 is 0 Å². The maximum absolute atomic E-state index is 2.41. The Morgan fingerprint density at radius 2 is 0.969 bits per heavy atom. The molecular weight excluding hydrogens is 769 g/mol. The third-order valence-electron chi connectivity index (χ3n) is 12.6. The van der Waals surface area contributed by atoms with Crippen LogP contribution in [0.2, 0.25) is 0 Å². The van der Waals surface area contributed by atoms with Gasteiger partial charge >= 0.3 is 0 Å². The maximum atomic E-state index is 2.41. The fourth-order valence-corrected chi connectivity index (χ4v) is 9.06. The van der Waals surface area contributed by atoms with Crippen molar-refractivity contribution >= 4 is 5.57 Å². The highest BCUT2D eigenvalue weighted by molar-refractivity contribution is 5.81. The molecule has 0 saturated carbocycles. The van der Waals surface area contributed by atoms with Crippen LogP contribution in [0.4, 0.5) is 0 Å². The summed E-state index contributed by atoms with van der Waals surface area (Å²) in [7, 11) is 0. The summed E-state index contributed by atoms with van der Waals surface area (Å²) in [6.45, 7) is 17.3. The predicted molar refractivity (Wildman–Crippen MR) is 279 cm³/mol. The molecule has 0 radical (unpaired) electrons. The molecule has 8 aromatic carbocycles. The topological polar surface area (TPSA) is 0 Å². The van der Waals surface area contributed by atoms with Gasteiger partial charge in [-0.15, -0.1) is 0 Å². The number of rotatable bonds is 6. The van der Waals surface area contributed by atoms with Crippen molar-refractivity contribution in [3.63, 3.8) is 0 Å². The highest BCUT2D eigenvalue weighted by Crippen LogP contribution is 2.48. The molecule has 0 amide bonds. The molecule has 2 aliphatic carbocycles. The summed E-state index contributed by atoms with van der Waals surface area (Å²) in [5.41, 5.74) is 24.2. The van der Waals surface area contributed by atoms with Crippen molar-refractivity contribution in [2.75, 3.05) is 0 Å². The fraction of sp³-hybridized carbons (Fsp3) is 0.188. The van der Waals surface area contributed by atoms with Crippen LogP contribution in [0.25, 0.3) is 50.1 Å². The van der Waals surface area contributed by atoms with Gasteiger partial charge in [0.1, 0.15) is 0 Å². The molecule has 0 nitrogen and oxygen atoms in total. The SMILES string of the molecule is CC.Cc1cccc(C2=CCCC=C2)c1.Cc1ccccc1-c1cc(-c2ccc(Cc3ccc4c(c3)-c3ccccc3C4(C)C)cc2)ccc1C.Cc1ccccc1-c1ccccc1. The van der Waals surface area contributed by atoms with Gasteiger partial charge in [0.05, 0.1) is 0 Å². The van der Waals surface area contributed by atoms with Gasteiger partial charge in [0.2, 0.25) is 0 Å². The van der Waals surface area contributed by atoms with Gasteiger partial charge in [-0.2, -0.15) is 0 Å². The molecule has 8 aromatic rings. The minimum Gasteiger partial charge on any atom is -0.0836 e. The van der Waals surface area contributed by atoms with Gasteiger partial charge in [-0.05, 0) is 148 Å². The van der Waals surface area contributed by atoms with Crippen molar-refractivity contribution in [2.24, 2.45) is 0 Å². The Morgan fingerprint density at radius 1 is 0.391 bits per heavy atom. The first-order valence-electron chi connectivity index (χ1n) is 23.2. The second-order valence-electron chi connectivity index (χ2n) is 17.5. The first kappa shape index (κ1) is 45.3. The number of allylic oxidation sites excluding steroid dienone is 4. The Balaban J connectivity index is 0.000000178. The molecule has 0 atom stereocenters. The molecular formula is C64H64. The van der Waals surface area contributed by atoms with E-state index in [1.807, 2.05) is 19.9 Å². The van der Waals surface area contributed by atoms with Crippen LogP contribution in [-0.2, 0) is 11.8 Å². The Labute approximate surface area is 384 Å². The smallest absolute Gasteiger partial charge is 0.0158 e. The summed E-state index contributed by atoms with van der Waals surface area (Å²) in [5, 5.41) is 0. The first-order chi connectivity index (χ1) is 31.2. The summed E-state index contributed by atoms with van der Waals surface area (Å²) in [6, 6.07) is 68.1. The largest absolute Gasteiger partial charge is 0.0836 e. The zero-order valence-electron chi connectivity index (χ0n) is 39.3. The van der Waals surface area contributed by atoms with Crippen molar-refractivity contribution < 1.29 is 0 Å². The van der Waals surface area contributed by atoms with E-state index in [2.05, 4.69) is 242 Å². The molecule has 0 spiro atoms. The van der Waals surface area contributed by atoms with Crippen molar-refractivity contribution in [2.45, 2.75) is 80.1 Å². The normalized spacial score (nSPS) is 12.8. The Morgan fingerprint density at radius 3 is 1.64 bits per heavy atom. The predicted octanol–water partition coefficient (Wildman–Crippen LogP) is 18.0. The van der Waals surface area contributed by atoms with Gasteiger partial charge in [-0.3, -0.25) is 0 Å². The van der Waals surface area contributed by atoms with Crippen molar-refractivity contribution in [3.8, 4) is 44.5 Å². The Hall–Kier alpha value is -6.76. The number of fused-ring (bicyclic) bond motifs is 3. The fourth-order valence-electron chi connectivity index (χ4n) is 9.06. The summed E-state index contributed by atoms with van der Waals surface area (Å²) < 4.78 is 0. The number of hydrogen-bond acceptors (Lipinski definition) is 0. The van der Waals surface area contributed by atoms with E-state index in [1.54, 1.807) is 0 Å². The lowest BCUT2D eigenvalue weighted by Gasteiger charge is -2.21. The molecule has 64 heavy (non-hydrogen) atoms. The number of aryl methyl sites for hydroxylation is 4. The second-order valence-corrected chi connectivity index (χ2v) is 17.5. The van der Waals surface area contributed by atoms with Gasteiger partial charge in [-0.1, -0.05) is 233 Å². The standard InChI is InChI=1S/C36H32.C13H12.C13H14.C2H6/c1-24-9-5-6-10-30(24)32-23-29(17-13-25(32)2)28-18-14-26(15-19-28)21-27-16-20-35-33(22-27)31-11-7-8-12-34(31)36(35,3)4;1-11-7-5-6-10-13(11)12-8-3-2-4-9-12;1-11-6-5-9-13(10-11)12-7-3-2-4-8-12;1-2/h5-20,22-23H,21H2,1-4H3;2-10H,1H3;3,5-10H,2,4H2,1H3;1-2H3. The molecule has 0 N–H and O–H groups in total. The van der Waals surface area contributed by atoms with Crippen LogP contribution < -0.4 is 0 Å². The molecule has 0 heteroatoms. The second kappa shape index (κ2) is 21.1. The van der Waals surface area contributed by atoms with Crippen LogP contribution in [0.5, 0.6) is 0 Å². The van der Waals surface area contributed by atoms with E-state index in [9.17, 15) is 0 Å². The quantitative estimate of drug-likeness (QED) is 0.157. The van der Waals surface area contributed by atoms with E-state index in [0.29, 0.717) is 0 Å². The summed E-state index contributed by atoms with van der Waals surface area (Å²) in [4.78, 5) is 0. The van der Waals surface area contributed by atoms with Gasteiger partial charge in [0.25, 0.3) is 0 Å². The van der Waals surface area contributed by atoms with Crippen LogP contribution in [-0.4, -0.2) is 0 Å². The zero-order chi connectivity index (χ0) is 45.1. The monoisotopic (exact) mass is 833 g/mol. The third kappa shape index (κ3) is 10.5. The van der Waals surface area contributed by atoms with E-state index >= 15 is 0 Å². The van der Waals surface area contributed by atoms with Crippen molar-refractivity contribution in [1.82, 2.24) is 0 Å². The molecule has 0 saturated heterocycles. The van der Waals surface area contributed by atoms with E-state index in [-0.39, 0.29) is 5.41 Å². The van der Waals surface area contributed by atoms with Crippen LogP contribution in [0.15, 0.2) is 206 Å². The van der Waals surface area contributed by atoms with E-state index in [0.717, 1.165) is 6.42 Å². The number of benzene rings is 8. The van der Waals surface area contributed by atoms with Crippen molar-refractivity contribution in [3.05, 3.63) is 256 Å². The zero-order valence-corrected chi connectivity index (χ0v) is 39.3. The summed E-state index contributed by atoms with van der Waals surface area (Å²) >= 11 is 0. The molecule has 0 fully saturated rings. The highest BCUT2D eigenvalue weighted by atomic mass is 14.4. The Kier molecular flexibility index (Phi) is 14.9. The highest BCUT2D eigenvalue weighted by Gasteiger charge is 2.35. The van der Waals surface area contributed by atoms with Crippen LogP contribution in [0.3, 0.4) is 0 Å². The molecule has 320 valence electrons. The molecule has 10 rings (SSSR count). The average Bonchev–Trinajstić information content (AvgIpc) is 3.56. The molecule has 0 aromatic heterocycles. The van der Waals surface area contributed by atoms with Gasteiger partial charge in [-0.25, -0.2) is 0 Å². The first-order valence-corrected chi connectivity index (χ1v) is 23.2. The maximum Gasteiger partial charge on any atom is 0.0158 e. The minimum atomic E-state index is 0.0668. The van der Waals surface area contributed by atoms with E-state index in [1.165, 1.54) is 113 Å². The minimum absolute atomic E-state index is 0.0668. The Bertz CT molecular complexity index is 2860. The van der Waals surface area contributed by atoms with Crippen LogP contribution in [0, 0.1) is 27.7 Å². The van der Waals surface area contributed by atoms with E-state index < -0.39 is 0 Å². The molecule has 0 unspecified atom stereocenters. The van der Waals surface area contributed by atoms with Gasteiger partial charge in [0.15, 0.2) is 0 Å². The van der Waals surface area contributed by atoms with Gasteiger partial charge in [0, 0.05) is 5.41 Å². The summed E-state index contributed by atoms with van der Waals surface area (Å²) in [5.74, 6) is 0. The van der Waals surface area contributed by atoms with Crippen LogP contribution in [0.1, 0.15) is 90.6 Å². The van der Waals surface area contributed by atoms with Gasteiger partial charge < -0.3 is 0 Å². The lowest BCUT2D eigenvalue weighted by molar-refractivity contribution is 0.660. The molecule has 2 aliphatic rings. The molecule has 0 heterocycles. The third-order valence-corrected chi connectivity index (χ3v) is 12.6. The average molecular weight is 833 g/mol. The molecule has 0 bridgehead atoms. The lowest BCUT2D eigenvalue weighted by atomic mass is 9.82. The number of hydrogen-bond donors (Lipinski definition) is 0. The molecule has 0 aliphatic heterocycles. The lowest BCUT2D eigenvalue weighted by Crippen LogP contribution is -2.14. The van der Waals surface area contributed by atoms with E-state index in [4.69, 9.17) is 0 Å². The summed E-state index contributed by atoms with van der Waals surface area (Å²) in [6.07, 6.45) is 10.1.